The Balaban J connectivity index is 3.11. The highest BCUT2D eigenvalue weighted by Crippen LogP contribution is 2.34. The van der Waals surface area contributed by atoms with Crippen LogP contribution in [0.3, 0.4) is 0 Å². The Morgan fingerprint density at radius 3 is 2.00 bits per heavy atom. The van der Waals surface area contributed by atoms with Gasteiger partial charge in [-0.2, -0.15) is 0 Å². The molecular formula is C13H20O. The molecule has 0 unspecified atom stereocenters. The molecule has 1 N–H and O–H groups in total. The maximum absolute atomic E-state index is 9.92. The van der Waals surface area contributed by atoms with Gasteiger partial charge in [-0.15, -0.1) is 0 Å². The van der Waals surface area contributed by atoms with E-state index in [9.17, 15) is 5.11 Å². The van der Waals surface area contributed by atoms with Gasteiger partial charge in [-0.25, -0.2) is 0 Å². The second-order valence-electron chi connectivity index (χ2n) is 3.91. The van der Waals surface area contributed by atoms with E-state index in [2.05, 4.69) is 26.0 Å². The Morgan fingerprint density at radius 2 is 1.64 bits per heavy atom. The van der Waals surface area contributed by atoms with E-state index in [-0.39, 0.29) is 11.5 Å². The molecule has 14 heavy (non-hydrogen) atoms. The third kappa shape index (κ3) is 1.83. The van der Waals surface area contributed by atoms with Crippen LogP contribution in [0.2, 0.25) is 0 Å². The Kier molecular flexibility index (Phi) is 3.70. The molecule has 1 atom stereocenters. The van der Waals surface area contributed by atoms with Gasteiger partial charge in [0.05, 0.1) is 6.10 Å². The molecule has 1 aromatic carbocycles. The summed E-state index contributed by atoms with van der Waals surface area (Å²) in [5.74, 6) is 0. The summed E-state index contributed by atoms with van der Waals surface area (Å²) < 4.78 is 0. The molecule has 0 aromatic heterocycles. The van der Waals surface area contributed by atoms with E-state index in [0.717, 1.165) is 12.8 Å². The second-order valence-corrected chi connectivity index (χ2v) is 3.91. The molecule has 78 valence electrons. The van der Waals surface area contributed by atoms with Gasteiger partial charge in [0.15, 0.2) is 0 Å². The first kappa shape index (κ1) is 11.3. The molecule has 0 saturated carbocycles. The highest BCUT2D eigenvalue weighted by molar-refractivity contribution is 5.26. The van der Waals surface area contributed by atoms with Crippen LogP contribution in [0.15, 0.2) is 30.3 Å². The summed E-state index contributed by atoms with van der Waals surface area (Å²) in [6, 6.07) is 10.3. The molecule has 0 amide bonds. The lowest BCUT2D eigenvalue weighted by atomic mass is 9.72. The van der Waals surface area contributed by atoms with Gasteiger partial charge in [0, 0.05) is 5.41 Å². The number of rotatable bonds is 4. The van der Waals surface area contributed by atoms with Crippen LogP contribution in [0.4, 0.5) is 0 Å². The summed E-state index contributed by atoms with van der Waals surface area (Å²) >= 11 is 0. The number of aliphatic hydroxyl groups is 1. The number of benzene rings is 1. The third-order valence-electron chi connectivity index (χ3n) is 3.41. The molecule has 0 aliphatic carbocycles. The molecule has 0 fully saturated rings. The van der Waals surface area contributed by atoms with Gasteiger partial charge >= 0.3 is 0 Å². The predicted octanol–water partition coefficient (Wildman–Crippen LogP) is 3.13. The first-order chi connectivity index (χ1) is 6.67. The fourth-order valence-corrected chi connectivity index (χ4v) is 2.26. The van der Waals surface area contributed by atoms with E-state index in [1.807, 2.05) is 25.1 Å². The van der Waals surface area contributed by atoms with Crippen molar-refractivity contribution in [2.45, 2.75) is 45.1 Å². The molecule has 0 spiro atoms. The lowest BCUT2D eigenvalue weighted by Crippen LogP contribution is -2.36. The molecule has 1 aromatic rings. The van der Waals surface area contributed by atoms with Crippen molar-refractivity contribution in [2.24, 2.45) is 0 Å². The van der Waals surface area contributed by atoms with Crippen molar-refractivity contribution in [1.29, 1.82) is 0 Å². The van der Waals surface area contributed by atoms with E-state index >= 15 is 0 Å². The van der Waals surface area contributed by atoms with E-state index in [1.54, 1.807) is 0 Å². The van der Waals surface area contributed by atoms with Gasteiger partial charge in [-0.1, -0.05) is 44.2 Å². The first-order valence-corrected chi connectivity index (χ1v) is 5.41. The number of aliphatic hydroxyl groups excluding tert-OH is 1. The molecule has 1 nitrogen and oxygen atoms in total. The maximum atomic E-state index is 9.92. The predicted molar refractivity (Wildman–Crippen MR) is 60.4 cm³/mol. The van der Waals surface area contributed by atoms with Crippen LogP contribution < -0.4 is 0 Å². The normalized spacial score (nSPS) is 14.0. The van der Waals surface area contributed by atoms with Crippen LogP contribution >= 0.6 is 0 Å². The monoisotopic (exact) mass is 192 g/mol. The minimum absolute atomic E-state index is 0.0682. The van der Waals surface area contributed by atoms with Crippen molar-refractivity contribution < 1.29 is 5.11 Å². The fraction of sp³-hybridized carbons (Fsp3) is 0.538. The molecule has 0 aliphatic rings. The van der Waals surface area contributed by atoms with E-state index in [4.69, 9.17) is 0 Å². The molecule has 0 radical (unpaired) electrons. The summed E-state index contributed by atoms with van der Waals surface area (Å²) in [4.78, 5) is 0. The Bertz CT molecular complexity index is 260. The largest absolute Gasteiger partial charge is 0.392 e. The SMILES string of the molecule is CCC(CC)(c1ccccc1)[C@H](C)O. The smallest absolute Gasteiger partial charge is 0.0608 e. The standard InChI is InChI=1S/C13H20O/c1-4-13(5-2,11(3)14)12-9-7-6-8-10-12/h6-11,14H,4-5H2,1-3H3/t11-/m0/s1. The van der Waals surface area contributed by atoms with Crippen LogP contribution in [-0.2, 0) is 5.41 Å². The van der Waals surface area contributed by atoms with Crippen LogP contribution in [0.25, 0.3) is 0 Å². The van der Waals surface area contributed by atoms with Crippen LogP contribution in [-0.4, -0.2) is 11.2 Å². The molecule has 0 bridgehead atoms. The summed E-state index contributed by atoms with van der Waals surface area (Å²) in [6.45, 7) is 6.17. The van der Waals surface area contributed by atoms with Crippen molar-refractivity contribution in [1.82, 2.24) is 0 Å². The number of hydrogen-bond donors (Lipinski definition) is 1. The van der Waals surface area contributed by atoms with Crippen LogP contribution in [0.1, 0.15) is 39.2 Å². The zero-order valence-corrected chi connectivity index (χ0v) is 9.33. The van der Waals surface area contributed by atoms with Crippen LogP contribution in [0, 0.1) is 0 Å². The molecule has 1 rings (SSSR count). The summed E-state index contributed by atoms with van der Waals surface area (Å²) in [7, 11) is 0. The minimum Gasteiger partial charge on any atom is -0.392 e. The minimum atomic E-state index is -0.292. The Morgan fingerprint density at radius 1 is 1.14 bits per heavy atom. The zero-order chi connectivity index (χ0) is 10.6. The van der Waals surface area contributed by atoms with Gasteiger partial charge < -0.3 is 5.11 Å². The molecule has 1 heteroatoms. The van der Waals surface area contributed by atoms with Crippen molar-refractivity contribution in [3.63, 3.8) is 0 Å². The highest BCUT2D eigenvalue weighted by Gasteiger charge is 2.33. The molecule has 0 aliphatic heterocycles. The number of hydrogen-bond acceptors (Lipinski definition) is 1. The molecular weight excluding hydrogens is 172 g/mol. The first-order valence-electron chi connectivity index (χ1n) is 5.41. The highest BCUT2D eigenvalue weighted by atomic mass is 16.3. The van der Waals surface area contributed by atoms with Crippen molar-refractivity contribution in [2.75, 3.05) is 0 Å². The third-order valence-corrected chi connectivity index (χ3v) is 3.41. The fourth-order valence-electron chi connectivity index (χ4n) is 2.26. The van der Waals surface area contributed by atoms with Gasteiger partial charge in [-0.3, -0.25) is 0 Å². The Hall–Kier alpha value is -0.820. The Labute approximate surface area is 86.8 Å². The van der Waals surface area contributed by atoms with Gasteiger partial charge in [0.2, 0.25) is 0 Å². The van der Waals surface area contributed by atoms with Crippen molar-refractivity contribution in [3.8, 4) is 0 Å². The van der Waals surface area contributed by atoms with Gasteiger partial charge in [0.25, 0.3) is 0 Å². The average Bonchev–Trinajstić information content (AvgIpc) is 2.22. The van der Waals surface area contributed by atoms with Gasteiger partial charge in [0.1, 0.15) is 0 Å². The quantitative estimate of drug-likeness (QED) is 0.777. The van der Waals surface area contributed by atoms with Gasteiger partial charge in [-0.05, 0) is 25.3 Å². The summed E-state index contributed by atoms with van der Waals surface area (Å²) in [6.07, 6.45) is 1.66. The topological polar surface area (TPSA) is 20.2 Å². The second kappa shape index (κ2) is 4.61. The molecule has 0 saturated heterocycles. The van der Waals surface area contributed by atoms with Crippen molar-refractivity contribution >= 4 is 0 Å². The summed E-state index contributed by atoms with van der Waals surface area (Å²) in [5, 5.41) is 9.92. The maximum Gasteiger partial charge on any atom is 0.0608 e. The van der Waals surface area contributed by atoms with Crippen molar-refractivity contribution in [3.05, 3.63) is 35.9 Å². The lowest BCUT2D eigenvalue weighted by Gasteiger charge is -2.35. The van der Waals surface area contributed by atoms with Crippen LogP contribution in [0.5, 0.6) is 0 Å². The van der Waals surface area contributed by atoms with E-state index in [0.29, 0.717) is 0 Å². The van der Waals surface area contributed by atoms with E-state index in [1.165, 1.54) is 5.56 Å². The average molecular weight is 192 g/mol. The van der Waals surface area contributed by atoms with E-state index < -0.39 is 0 Å². The summed E-state index contributed by atoms with van der Waals surface area (Å²) in [5.41, 5.74) is 1.18. The lowest BCUT2D eigenvalue weighted by molar-refractivity contribution is 0.0896. The zero-order valence-electron chi connectivity index (χ0n) is 9.33. The molecule has 0 heterocycles.